The molecule has 4 fully saturated rings. The first-order chi connectivity index (χ1) is 14.0. The summed E-state index contributed by atoms with van der Waals surface area (Å²) in [6.45, 7) is 12.6. The van der Waals surface area contributed by atoms with Crippen molar-refractivity contribution in [1.82, 2.24) is 14.9 Å². The standard InChI is InChI=1S/C13H20N4.C9H14O.C2H6/c1-10(2)16-8-11-4-5-12(9-16)17(11)13-14-6-3-7-15-13;1-7(10)8-5-9(6-8)3-2-4-9;1-2/h3,6-7,10-12H,4-5,8-9H2,1-2H3;8H,2-6H2,1H3;1-2H3. The van der Waals surface area contributed by atoms with E-state index in [0.29, 0.717) is 35.2 Å². The fourth-order valence-corrected chi connectivity index (χ4v) is 5.47. The van der Waals surface area contributed by atoms with Crippen LogP contribution in [0, 0.1) is 11.3 Å². The van der Waals surface area contributed by atoms with Crippen LogP contribution in [0.2, 0.25) is 0 Å². The van der Waals surface area contributed by atoms with Gasteiger partial charge in [-0.3, -0.25) is 9.69 Å². The van der Waals surface area contributed by atoms with Gasteiger partial charge in [-0.15, -0.1) is 0 Å². The molecule has 2 atom stereocenters. The number of ketones is 1. The van der Waals surface area contributed by atoms with Gasteiger partial charge < -0.3 is 4.90 Å². The topological polar surface area (TPSA) is 49.3 Å². The maximum absolute atomic E-state index is 10.9. The highest BCUT2D eigenvalue weighted by atomic mass is 16.1. The van der Waals surface area contributed by atoms with Gasteiger partial charge in [0.25, 0.3) is 0 Å². The Hall–Kier alpha value is -1.49. The summed E-state index contributed by atoms with van der Waals surface area (Å²) in [7, 11) is 0. The molecule has 5 rings (SSSR count). The van der Waals surface area contributed by atoms with Gasteiger partial charge in [0.15, 0.2) is 0 Å². The summed E-state index contributed by atoms with van der Waals surface area (Å²) in [6, 6.07) is 3.75. The van der Waals surface area contributed by atoms with Crippen molar-refractivity contribution in [3.8, 4) is 0 Å². The molecule has 29 heavy (non-hydrogen) atoms. The molecule has 2 aliphatic carbocycles. The van der Waals surface area contributed by atoms with E-state index in [9.17, 15) is 4.79 Å². The van der Waals surface area contributed by atoms with Crippen LogP contribution in [-0.2, 0) is 4.79 Å². The van der Waals surface area contributed by atoms with Crippen molar-refractivity contribution in [3.05, 3.63) is 18.5 Å². The van der Waals surface area contributed by atoms with E-state index in [2.05, 4.69) is 33.6 Å². The van der Waals surface area contributed by atoms with E-state index in [0.717, 1.165) is 19.0 Å². The molecule has 1 aromatic rings. The second-order valence-electron chi connectivity index (χ2n) is 9.46. The van der Waals surface area contributed by atoms with E-state index in [1.807, 2.05) is 32.3 Å². The highest BCUT2D eigenvalue weighted by Gasteiger charge is 2.49. The Morgan fingerprint density at radius 1 is 1.07 bits per heavy atom. The van der Waals surface area contributed by atoms with Crippen LogP contribution in [0.1, 0.15) is 79.6 Å². The predicted octanol–water partition coefficient (Wildman–Crippen LogP) is 4.72. The van der Waals surface area contributed by atoms with Crippen molar-refractivity contribution < 1.29 is 4.79 Å². The molecule has 0 amide bonds. The Bertz CT molecular complexity index is 636. The smallest absolute Gasteiger partial charge is 0.225 e. The minimum atomic E-state index is 0.414. The van der Waals surface area contributed by atoms with Crippen LogP contribution >= 0.6 is 0 Å². The van der Waals surface area contributed by atoms with Gasteiger partial charge in [0, 0.05) is 49.5 Å². The number of Topliss-reactive ketones (excluding diaryl/α,β-unsaturated/α-hetero) is 1. The average Bonchev–Trinajstić information content (AvgIpc) is 2.91. The van der Waals surface area contributed by atoms with Crippen LogP contribution in [0.4, 0.5) is 5.95 Å². The molecule has 2 saturated heterocycles. The number of carbonyl (C=O) groups is 1. The molecule has 1 spiro atoms. The highest BCUT2D eigenvalue weighted by molar-refractivity contribution is 5.79. The summed E-state index contributed by atoms with van der Waals surface area (Å²) >= 11 is 0. The summed E-state index contributed by atoms with van der Waals surface area (Å²) in [4.78, 5) is 24.7. The lowest BCUT2D eigenvalue weighted by Crippen LogP contribution is -2.56. The monoisotopic (exact) mass is 400 g/mol. The minimum absolute atomic E-state index is 0.414. The van der Waals surface area contributed by atoms with Crippen molar-refractivity contribution >= 4 is 11.7 Å². The zero-order chi connectivity index (χ0) is 21.0. The zero-order valence-corrected chi connectivity index (χ0v) is 19.1. The fraction of sp³-hybridized carbons (Fsp3) is 0.792. The van der Waals surface area contributed by atoms with Crippen molar-refractivity contribution in [2.24, 2.45) is 11.3 Å². The summed E-state index contributed by atoms with van der Waals surface area (Å²) < 4.78 is 0. The number of likely N-dealkylation sites (tertiary alicyclic amines) is 1. The van der Waals surface area contributed by atoms with Crippen LogP contribution in [0.5, 0.6) is 0 Å². The molecule has 2 bridgehead atoms. The summed E-state index contributed by atoms with van der Waals surface area (Å²) in [5.74, 6) is 1.78. The number of anilines is 1. The molecule has 5 nitrogen and oxygen atoms in total. The van der Waals surface area contributed by atoms with E-state index in [4.69, 9.17) is 0 Å². The first-order valence-electron chi connectivity index (χ1n) is 11.8. The number of hydrogen-bond donors (Lipinski definition) is 0. The molecule has 2 saturated carbocycles. The predicted molar refractivity (Wildman–Crippen MR) is 119 cm³/mol. The lowest BCUT2D eigenvalue weighted by Gasteiger charge is -2.53. The Balaban J connectivity index is 0.000000170. The van der Waals surface area contributed by atoms with E-state index >= 15 is 0 Å². The van der Waals surface area contributed by atoms with E-state index in [1.165, 1.54) is 44.9 Å². The quantitative estimate of drug-likeness (QED) is 0.735. The SMILES string of the molecule is CC.CC(=O)C1CC2(CCC2)C1.CC(C)N1CC2CCC(C1)N2c1ncccn1. The van der Waals surface area contributed by atoms with Crippen molar-refractivity contribution in [1.29, 1.82) is 0 Å². The third-order valence-corrected chi connectivity index (χ3v) is 7.37. The van der Waals surface area contributed by atoms with Gasteiger partial charge in [-0.25, -0.2) is 9.97 Å². The van der Waals surface area contributed by atoms with E-state index < -0.39 is 0 Å². The molecule has 2 unspecified atom stereocenters. The normalized spacial score (nSPS) is 27.3. The van der Waals surface area contributed by atoms with Crippen LogP contribution < -0.4 is 4.90 Å². The van der Waals surface area contributed by atoms with Gasteiger partial charge in [-0.05, 0) is 70.8 Å². The first kappa shape index (κ1) is 22.2. The molecule has 0 radical (unpaired) electrons. The number of rotatable bonds is 3. The van der Waals surface area contributed by atoms with Gasteiger partial charge in [-0.1, -0.05) is 20.3 Å². The van der Waals surface area contributed by atoms with Gasteiger partial charge in [-0.2, -0.15) is 0 Å². The minimum Gasteiger partial charge on any atom is -0.332 e. The van der Waals surface area contributed by atoms with Gasteiger partial charge in [0.2, 0.25) is 5.95 Å². The lowest BCUT2D eigenvalue weighted by molar-refractivity contribution is -0.132. The molecule has 3 heterocycles. The summed E-state index contributed by atoms with van der Waals surface area (Å²) in [5, 5.41) is 0. The number of nitrogens with zero attached hydrogens (tertiary/aromatic N) is 4. The third-order valence-electron chi connectivity index (χ3n) is 7.37. The van der Waals surface area contributed by atoms with Gasteiger partial charge in [0.05, 0.1) is 0 Å². The average molecular weight is 401 g/mol. The van der Waals surface area contributed by atoms with Gasteiger partial charge >= 0.3 is 0 Å². The first-order valence-corrected chi connectivity index (χ1v) is 11.8. The lowest BCUT2D eigenvalue weighted by atomic mass is 9.51. The zero-order valence-electron chi connectivity index (χ0n) is 19.1. The third kappa shape index (κ3) is 4.82. The highest BCUT2D eigenvalue weighted by Crippen LogP contribution is 2.58. The number of hydrogen-bond acceptors (Lipinski definition) is 5. The molecule has 0 aromatic carbocycles. The van der Waals surface area contributed by atoms with E-state index in [-0.39, 0.29) is 0 Å². The van der Waals surface area contributed by atoms with Crippen molar-refractivity contribution in [2.75, 3.05) is 18.0 Å². The van der Waals surface area contributed by atoms with Crippen molar-refractivity contribution in [3.63, 3.8) is 0 Å². The molecule has 162 valence electrons. The maximum Gasteiger partial charge on any atom is 0.225 e. The number of carbonyl (C=O) groups excluding carboxylic acids is 1. The summed E-state index contributed by atoms with van der Waals surface area (Å²) in [6.07, 6.45) is 12.9. The molecule has 2 aliphatic heterocycles. The van der Waals surface area contributed by atoms with Crippen LogP contribution in [0.15, 0.2) is 18.5 Å². The van der Waals surface area contributed by atoms with E-state index in [1.54, 1.807) is 6.92 Å². The number of aromatic nitrogens is 2. The van der Waals surface area contributed by atoms with Crippen LogP contribution in [-0.4, -0.2) is 51.9 Å². The van der Waals surface area contributed by atoms with Gasteiger partial charge in [0.1, 0.15) is 5.78 Å². The molecular weight excluding hydrogens is 360 g/mol. The molecule has 5 heteroatoms. The van der Waals surface area contributed by atoms with Crippen LogP contribution in [0.25, 0.3) is 0 Å². The maximum atomic E-state index is 10.9. The fourth-order valence-electron chi connectivity index (χ4n) is 5.47. The van der Waals surface area contributed by atoms with Crippen molar-refractivity contribution in [2.45, 2.75) is 97.7 Å². The Kier molecular flexibility index (Phi) is 7.31. The largest absolute Gasteiger partial charge is 0.332 e. The number of fused-ring (bicyclic) bond motifs is 2. The van der Waals surface area contributed by atoms with Crippen LogP contribution in [0.3, 0.4) is 0 Å². The Morgan fingerprint density at radius 3 is 2.03 bits per heavy atom. The molecule has 4 aliphatic rings. The second kappa shape index (κ2) is 9.55. The molecule has 0 N–H and O–H groups in total. The molecular formula is C24H40N4O. The number of piperazine rings is 1. The Morgan fingerprint density at radius 2 is 1.62 bits per heavy atom. The molecule has 1 aromatic heterocycles. The Labute approximate surface area is 177 Å². The second-order valence-corrected chi connectivity index (χ2v) is 9.46. The summed E-state index contributed by atoms with van der Waals surface area (Å²) in [5.41, 5.74) is 0.677.